The molecule has 0 radical (unpaired) electrons. The van der Waals surface area contributed by atoms with Crippen molar-refractivity contribution in [2.45, 2.75) is 52.0 Å². The van der Waals surface area contributed by atoms with Gasteiger partial charge in [-0.15, -0.1) is 0 Å². The normalized spacial score (nSPS) is 15.7. The first kappa shape index (κ1) is 28.5. The van der Waals surface area contributed by atoms with Crippen molar-refractivity contribution in [2.75, 3.05) is 18.1 Å². The second-order valence-corrected chi connectivity index (χ2v) is 9.87. The van der Waals surface area contributed by atoms with Crippen molar-refractivity contribution in [3.63, 3.8) is 0 Å². The van der Waals surface area contributed by atoms with Crippen LogP contribution in [0.5, 0.6) is 0 Å². The number of nitrogens with two attached hydrogens (primary N) is 1. The van der Waals surface area contributed by atoms with Crippen LogP contribution in [0.1, 0.15) is 61.1 Å². The predicted octanol–water partition coefficient (Wildman–Crippen LogP) is 3.47. The van der Waals surface area contributed by atoms with E-state index in [4.69, 9.17) is 15.9 Å². The van der Waals surface area contributed by atoms with Crippen LogP contribution in [0.25, 0.3) is 10.9 Å². The van der Waals surface area contributed by atoms with E-state index in [0.29, 0.717) is 36.3 Å². The molecule has 0 saturated carbocycles. The van der Waals surface area contributed by atoms with Crippen LogP contribution >= 0.6 is 0 Å². The average molecular weight is 546 g/mol. The minimum Gasteiger partial charge on any atom is -0.464 e. The Labute approximate surface area is 232 Å². The topological polar surface area (TPSA) is 158 Å². The van der Waals surface area contributed by atoms with E-state index in [1.54, 1.807) is 36.1 Å². The molecule has 1 aromatic heterocycles. The van der Waals surface area contributed by atoms with Gasteiger partial charge < -0.3 is 25.7 Å². The number of benzene rings is 2. The molecule has 1 aliphatic heterocycles. The van der Waals surface area contributed by atoms with Gasteiger partial charge in [0.2, 0.25) is 5.91 Å². The molecule has 2 aromatic carbocycles. The summed E-state index contributed by atoms with van der Waals surface area (Å²) in [6.07, 6.45) is 1.32. The third-order valence-electron chi connectivity index (χ3n) is 7.26. The molecule has 1 saturated heterocycles. The SMILES string of the molecule is CCOC(=O)C(CCC(=O)CC1CCN(c2ccc(C(=N)N)cc2)C1=O)NC(=O)c1[nH]c2ccccc2c1CC. The first-order valence-corrected chi connectivity index (χ1v) is 13.6. The van der Waals surface area contributed by atoms with Crippen LogP contribution in [-0.2, 0) is 25.5 Å². The van der Waals surface area contributed by atoms with Gasteiger partial charge in [0.15, 0.2) is 0 Å². The molecule has 1 fully saturated rings. The molecular formula is C30H35N5O5. The van der Waals surface area contributed by atoms with E-state index in [1.807, 2.05) is 31.2 Å². The molecule has 10 heteroatoms. The van der Waals surface area contributed by atoms with E-state index in [0.717, 1.165) is 16.5 Å². The maximum atomic E-state index is 13.2. The molecule has 40 heavy (non-hydrogen) atoms. The average Bonchev–Trinajstić information content (AvgIpc) is 3.51. The lowest BCUT2D eigenvalue weighted by Crippen LogP contribution is -2.42. The van der Waals surface area contributed by atoms with Crippen LogP contribution in [0, 0.1) is 11.3 Å². The Morgan fingerprint density at radius 1 is 1.15 bits per heavy atom. The number of nitrogens with one attached hydrogen (secondary N) is 3. The number of Topliss-reactive ketones (excluding diaryl/α,β-unsaturated/α-hetero) is 1. The zero-order valence-corrected chi connectivity index (χ0v) is 22.8. The molecule has 2 unspecified atom stereocenters. The lowest BCUT2D eigenvalue weighted by atomic mass is 9.97. The summed E-state index contributed by atoms with van der Waals surface area (Å²) in [4.78, 5) is 56.5. The zero-order chi connectivity index (χ0) is 28.8. The highest BCUT2D eigenvalue weighted by atomic mass is 16.5. The Hall–Kier alpha value is -4.47. The van der Waals surface area contributed by atoms with E-state index in [2.05, 4.69) is 10.3 Å². The third-order valence-corrected chi connectivity index (χ3v) is 7.26. The number of esters is 1. The van der Waals surface area contributed by atoms with Crippen molar-refractivity contribution < 1.29 is 23.9 Å². The number of para-hydroxylation sites is 1. The van der Waals surface area contributed by atoms with Gasteiger partial charge in [0.05, 0.1) is 6.61 Å². The monoisotopic (exact) mass is 545 g/mol. The van der Waals surface area contributed by atoms with Crippen molar-refractivity contribution in [1.29, 1.82) is 5.41 Å². The van der Waals surface area contributed by atoms with E-state index >= 15 is 0 Å². The summed E-state index contributed by atoms with van der Waals surface area (Å²) in [7, 11) is 0. The molecule has 5 N–H and O–H groups in total. The van der Waals surface area contributed by atoms with Crippen LogP contribution in [0.4, 0.5) is 5.69 Å². The second kappa shape index (κ2) is 12.6. The minimum absolute atomic E-state index is 0.0220. The number of H-pyrrole nitrogens is 1. The molecule has 0 bridgehead atoms. The Morgan fingerprint density at radius 2 is 1.88 bits per heavy atom. The summed E-state index contributed by atoms with van der Waals surface area (Å²) in [5, 5.41) is 11.2. The van der Waals surface area contributed by atoms with Gasteiger partial charge in [-0.3, -0.25) is 19.8 Å². The first-order chi connectivity index (χ1) is 19.2. The summed E-state index contributed by atoms with van der Waals surface area (Å²) in [5.74, 6) is -1.83. The quantitative estimate of drug-likeness (QED) is 0.155. The van der Waals surface area contributed by atoms with Crippen LogP contribution in [0.15, 0.2) is 48.5 Å². The molecular weight excluding hydrogens is 510 g/mol. The fraction of sp³-hybridized carbons (Fsp3) is 0.367. The molecule has 2 atom stereocenters. The van der Waals surface area contributed by atoms with Crippen molar-refractivity contribution in [2.24, 2.45) is 11.7 Å². The van der Waals surface area contributed by atoms with E-state index in [1.165, 1.54) is 0 Å². The number of amidine groups is 1. The lowest BCUT2D eigenvalue weighted by Gasteiger charge is -2.18. The second-order valence-electron chi connectivity index (χ2n) is 9.87. The van der Waals surface area contributed by atoms with Gasteiger partial charge in [-0.25, -0.2) is 4.79 Å². The molecule has 3 aromatic rings. The molecule has 4 rings (SSSR count). The molecule has 1 aliphatic rings. The molecule has 0 aliphatic carbocycles. The van der Waals surface area contributed by atoms with Crippen LogP contribution in [0.3, 0.4) is 0 Å². The maximum absolute atomic E-state index is 13.2. The number of nitrogen functional groups attached to an aromatic ring is 1. The number of amides is 2. The van der Waals surface area contributed by atoms with Crippen molar-refractivity contribution in [1.82, 2.24) is 10.3 Å². The number of aromatic nitrogens is 1. The van der Waals surface area contributed by atoms with Crippen LogP contribution in [-0.4, -0.2) is 53.6 Å². The summed E-state index contributed by atoms with van der Waals surface area (Å²) < 4.78 is 5.17. The summed E-state index contributed by atoms with van der Waals surface area (Å²) in [6.45, 7) is 4.27. The Morgan fingerprint density at radius 3 is 2.55 bits per heavy atom. The highest BCUT2D eigenvalue weighted by Crippen LogP contribution is 2.28. The number of carbonyl (C=O) groups is 4. The maximum Gasteiger partial charge on any atom is 0.328 e. The highest BCUT2D eigenvalue weighted by Gasteiger charge is 2.34. The summed E-state index contributed by atoms with van der Waals surface area (Å²) in [6, 6.07) is 13.5. The Kier molecular flexibility index (Phi) is 8.98. The fourth-order valence-corrected chi connectivity index (χ4v) is 5.17. The number of aromatic amines is 1. The molecule has 10 nitrogen and oxygen atoms in total. The number of aryl methyl sites for hydroxylation is 1. The smallest absolute Gasteiger partial charge is 0.328 e. The van der Waals surface area contributed by atoms with Gasteiger partial charge in [-0.05, 0) is 62.1 Å². The number of hydrogen-bond donors (Lipinski definition) is 4. The number of ketones is 1. The number of hydrogen-bond acceptors (Lipinski definition) is 6. The van der Waals surface area contributed by atoms with Gasteiger partial charge in [-0.2, -0.15) is 0 Å². The highest BCUT2D eigenvalue weighted by molar-refractivity contribution is 6.03. The van der Waals surface area contributed by atoms with Gasteiger partial charge in [0.1, 0.15) is 23.4 Å². The number of anilines is 1. The Bertz CT molecular complexity index is 1430. The zero-order valence-electron chi connectivity index (χ0n) is 22.8. The van der Waals surface area contributed by atoms with Gasteiger partial charge in [-0.1, -0.05) is 25.1 Å². The van der Waals surface area contributed by atoms with Crippen LogP contribution < -0.4 is 16.0 Å². The van der Waals surface area contributed by atoms with Gasteiger partial charge in [0, 0.05) is 47.5 Å². The van der Waals surface area contributed by atoms with Crippen molar-refractivity contribution >= 4 is 46.0 Å². The molecule has 2 amide bonds. The third kappa shape index (κ3) is 6.22. The molecule has 210 valence electrons. The minimum atomic E-state index is -0.997. The number of fused-ring (bicyclic) bond motifs is 1. The standard InChI is InChI=1S/C30H35N5O5/c1-3-22-23-7-5-6-8-24(23)33-26(22)28(37)34-25(30(39)40-4-2)14-13-21(36)17-19-15-16-35(29(19)38)20-11-9-18(10-12-20)27(31)32/h5-12,19,25,33H,3-4,13-17H2,1-2H3,(H3,31,32)(H,34,37). The molecule has 0 spiro atoms. The summed E-state index contributed by atoms with van der Waals surface area (Å²) in [5.41, 5.74) is 8.84. The predicted molar refractivity (Wildman–Crippen MR) is 152 cm³/mol. The van der Waals surface area contributed by atoms with Gasteiger partial charge in [0.25, 0.3) is 5.91 Å². The Balaban J connectivity index is 1.37. The number of carbonyl (C=O) groups excluding carboxylic acids is 4. The fourth-order valence-electron chi connectivity index (χ4n) is 5.17. The van der Waals surface area contributed by atoms with E-state index in [9.17, 15) is 19.2 Å². The van der Waals surface area contributed by atoms with Crippen molar-refractivity contribution in [3.05, 3.63) is 65.4 Å². The lowest BCUT2D eigenvalue weighted by molar-refractivity contribution is -0.145. The summed E-state index contributed by atoms with van der Waals surface area (Å²) >= 11 is 0. The van der Waals surface area contributed by atoms with E-state index < -0.39 is 23.8 Å². The largest absolute Gasteiger partial charge is 0.464 e. The number of ether oxygens (including phenoxy) is 1. The molecule has 2 heterocycles. The van der Waals surface area contributed by atoms with E-state index in [-0.39, 0.29) is 43.4 Å². The van der Waals surface area contributed by atoms with Crippen LogP contribution in [0.2, 0.25) is 0 Å². The number of rotatable bonds is 12. The number of nitrogens with zero attached hydrogens (tertiary/aromatic N) is 1. The van der Waals surface area contributed by atoms with Crippen molar-refractivity contribution in [3.8, 4) is 0 Å². The van der Waals surface area contributed by atoms with Gasteiger partial charge >= 0.3 is 5.97 Å². The first-order valence-electron chi connectivity index (χ1n) is 13.6.